The van der Waals surface area contributed by atoms with E-state index in [9.17, 15) is 8.42 Å². The first-order chi connectivity index (χ1) is 6.42. The van der Waals surface area contributed by atoms with Gasteiger partial charge in [0.05, 0.1) is 6.33 Å². The monoisotopic (exact) mass is 217 g/mol. The molecule has 5 nitrogen and oxygen atoms in total. The van der Waals surface area contributed by atoms with Gasteiger partial charge in [-0.2, -0.15) is 0 Å². The predicted octanol–water partition coefficient (Wildman–Crippen LogP) is 0.354. The zero-order valence-corrected chi connectivity index (χ0v) is 9.37. The van der Waals surface area contributed by atoms with Crippen molar-refractivity contribution in [2.24, 2.45) is 13.0 Å². The van der Waals surface area contributed by atoms with E-state index in [1.807, 2.05) is 13.8 Å². The van der Waals surface area contributed by atoms with E-state index >= 15 is 0 Å². The SMILES string of the molecule is CC(C)CNS(=O)(=O)c1cn(C)cn1. The summed E-state index contributed by atoms with van der Waals surface area (Å²) in [7, 11) is -1.69. The molecule has 0 aromatic carbocycles. The molecule has 1 heterocycles. The fourth-order valence-electron chi connectivity index (χ4n) is 0.878. The largest absolute Gasteiger partial charge is 0.339 e. The van der Waals surface area contributed by atoms with Gasteiger partial charge >= 0.3 is 0 Å². The molecule has 6 heteroatoms. The fraction of sp³-hybridized carbons (Fsp3) is 0.625. The highest BCUT2D eigenvalue weighted by atomic mass is 32.2. The number of aryl methyl sites for hydroxylation is 1. The Balaban J connectivity index is 2.76. The minimum Gasteiger partial charge on any atom is -0.339 e. The molecule has 0 amide bonds. The summed E-state index contributed by atoms with van der Waals surface area (Å²) in [4.78, 5) is 3.78. The lowest BCUT2D eigenvalue weighted by Gasteiger charge is -2.05. The van der Waals surface area contributed by atoms with Crippen LogP contribution < -0.4 is 4.72 Å². The van der Waals surface area contributed by atoms with E-state index in [-0.39, 0.29) is 10.9 Å². The maximum atomic E-state index is 11.6. The van der Waals surface area contributed by atoms with Gasteiger partial charge < -0.3 is 4.57 Å². The molecule has 14 heavy (non-hydrogen) atoms. The van der Waals surface area contributed by atoms with Crippen LogP contribution in [0.4, 0.5) is 0 Å². The summed E-state index contributed by atoms with van der Waals surface area (Å²) in [6.45, 7) is 4.32. The molecule has 80 valence electrons. The van der Waals surface area contributed by atoms with Crippen molar-refractivity contribution in [2.45, 2.75) is 18.9 Å². The van der Waals surface area contributed by atoms with Gasteiger partial charge in [-0.1, -0.05) is 13.8 Å². The van der Waals surface area contributed by atoms with Crippen molar-refractivity contribution in [3.8, 4) is 0 Å². The number of hydrogen-bond donors (Lipinski definition) is 1. The average Bonchev–Trinajstić information content (AvgIpc) is 2.49. The molecule has 0 saturated heterocycles. The van der Waals surface area contributed by atoms with E-state index in [0.717, 1.165) is 0 Å². The molecular formula is C8H15N3O2S. The Morgan fingerprint density at radius 3 is 2.64 bits per heavy atom. The molecule has 0 radical (unpaired) electrons. The van der Waals surface area contributed by atoms with Gasteiger partial charge in [0.1, 0.15) is 0 Å². The van der Waals surface area contributed by atoms with Crippen LogP contribution in [0.1, 0.15) is 13.8 Å². The van der Waals surface area contributed by atoms with Crippen LogP contribution in [0.2, 0.25) is 0 Å². The van der Waals surface area contributed by atoms with E-state index in [2.05, 4.69) is 9.71 Å². The second-order valence-electron chi connectivity index (χ2n) is 3.62. The molecule has 1 N–H and O–H groups in total. The van der Waals surface area contributed by atoms with Crippen LogP contribution in [0.5, 0.6) is 0 Å². The first kappa shape index (κ1) is 11.2. The molecule has 0 aliphatic heterocycles. The van der Waals surface area contributed by atoms with Crippen molar-refractivity contribution < 1.29 is 8.42 Å². The normalized spacial score (nSPS) is 12.3. The zero-order chi connectivity index (χ0) is 10.8. The van der Waals surface area contributed by atoms with Gasteiger partial charge in [0.2, 0.25) is 0 Å². The topological polar surface area (TPSA) is 64.0 Å². The second-order valence-corrected chi connectivity index (χ2v) is 5.34. The molecule has 0 aliphatic rings. The summed E-state index contributed by atoms with van der Waals surface area (Å²) < 4.78 is 27.2. The summed E-state index contributed by atoms with van der Waals surface area (Å²) >= 11 is 0. The highest BCUT2D eigenvalue weighted by Gasteiger charge is 2.16. The Labute approximate surface area is 84.2 Å². The average molecular weight is 217 g/mol. The van der Waals surface area contributed by atoms with Crippen molar-refractivity contribution >= 4 is 10.0 Å². The molecule has 1 rings (SSSR count). The third-order valence-electron chi connectivity index (χ3n) is 1.64. The molecule has 0 spiro atoms. The standard InChI is InChI=1S/C8H15N3O2S/c1-7(2)4-10-14(12,13)8-5-11(3)6-9-8/h5-7,10H,4H2,1-3H3. The van der Waals surface area contributed by atoms with Crippen LogP contribution in [0.25, 0.3) is 0 Å². The first-order valence-corrected chi connectivity index (χ1v) is 5.88. The van der Waals surface area contributed by atoms with Gasteiger partial charge in [-0.3, -0.25) is 0 Å². The Morgan fingerprint density at radius 1 is 1.57 bits per heavy atom. The Kier molecular flexibility index (Phi) is 3.28. The Morgan fingerprint density at radius 2 is 2.21 bits per heavy atom. The quantitative estimate of drug-likeness (QED) is 0.791. The van der Waals surface area contributed by atoms with E-state index in [0.29, 0.717) is 6.54 Å². The third-order valence-corrected chi connectivity index (χ3v) is 2.95. The third kappa shape index (κ3) is 2.81. The predicted molar refractivity (Wildman–Crippen MR) is 53.2 cm³/mol. The first-order valence-electron chi connectivity index (χ1n) is 4.39. The fourth-order valence-corrected chi connectivity index (χ4v) is 2.07. The minimum atomic E-state index is -3.42. The molecule has 0 unspecified atom stereocenters. The molecular weight excluding hydrogens is 202 g/mol. The zero-order valence-electron chi connectivity index (χ0n) is 8.56. The van der Waals surface area contributed by atoms with Gasteiger partial charge in [0, 0.05) is 19.8 Å². The summed E-state index contributed by atoms with van der Waals surface area (Å²) in [5.41, 5.74) is 0. The van der Waals surface area contributed by atoms with E-state index < -0.39 is 10.0 Å². The molecule has 0 fully saturated rings. The number of nitrogens with one attached hydrogen (secondary N) is 1. The Hall–Kier alpha value is -0.880. The minimum absolute atomic E-state index is 0.0700. The second kappa shape index (κ2) is 4.10. The number of aromatic nitrogens is 2. The molecule has 1 aromatic heterocycles. The smallest absolute Gasteiger partial charge is 0.259 e. The van der Waals surface area contributed by atoms with Crippen molar-refractivity contribution in [3.63, 3.8) is 0 Å². The molecule has 0 saturated carbocycles. The van der Waals surface area contributed by atoms with Crippen molar-refractivity contribution in [2.75, 3.05) is 6.54 Å². The van der Waals surface area contributed by atoms with Gasteiger partial charge in [0.15, 0.2) is 5.03 Å². The molecule has 0 bridgehead atoms. The lowest BCUT2D eigenvalue weighted by atomic mass is 10.2. The summed E-state index contributed by atoms with van der Waals surface area (Å²) in [6, 6.07) is 0. The number of hydrogen-bond acceptors (Lipinski definition) is 3. The van der Waals surface area contributed by atoms with E-state index in [4.69, 9.17) is 0 Å². The molecule has 1 aromatic rings. The Bertz CT molecular complexity index is 394. The van der Waals surface area contributed by atoms with E-state index in [1.165, 1.54) is 12.5 Å². The van der Waals surface area contributed by atoms with Gasteiger partial charge in [-0.15, -0.1) is 0 Å². The highest BCUT2D eigenvalue weighted by molar-refractivity contribution is 7.89. The van der Waals surface area contributed by atoms with Crippen molar-refractivity contribution in [3.05, 3.63) is 12.5 Å². The van der Waals surface area contributed by atoms with Crippen LogP contribution in [0, 0.1) is 5.92 Å². The van der Waals surface area contributed by atoms with Crippen LogP contribution in [-0.4, -0.2) is 24.5 Å². The number of nitrogens with zero attached hydrogens (tertiary/aromatic N) is 2. The van der Waals surface area contributed by atoms with Crippen molar-refractivity contribution in [1.82, 2.24) is 14.3 Å². The molecule has 0 aliphatic carbocycles. The molecule has 0 atom stereocenters. The van der Waals surface area contributed by atoms with Crippen LogP contribution in [0.15, 0.2) is 17.6 Å². The number of sulfonamides is 1. The van der Waals surface area contributed by atoms with Crippen LogP contribution in [-0.2, 0) is 17.1 Å². The number of rotatable bonds is 4. The lowest BCUT2D eigenvalue weighted by Crippen LogP contribution is -2.27. The number of imidazole rings is 1. The lowest BCUT2D eigenvalue weighted by molar-refractivity contribution is 0.557. The van der Waals surface area contributed by atoms with Gasteiger partial charge in [-0.25, -0.2) is 18.1 Å². The summed E-state index contributed by atoms with van der Waals surface area (Å²) in [5, 5.41) is 0.0700. The summed E-state index contributed by atoms with van der Waals surface area (Å²) in [5.74, 6) is 0.286. The maximum absolute atomic E-state index is 11.6. The van der Waals surface area contributed by atoms with Crippen LogP contribution >= 0.6 is 0 Å². The van der Waals surface area contributed by atoms with E-state index in [1.54, 1.807) is 11.6 Å². The summed E-state index contributed by atoms with van der Waals surface area (Å²) in [6.07, 6.45) is 2.94. The van der Waals surface area contributed by atoms with Crippen LogP contribution in [0.3, 0.4) is 0 Å². The van der Waals surface area contributed by atoms with Gasteiger partial charge in [-0.05, 0) is 5.92 Å². The highest BCUT2D eigenvalue weighted by Crippen LogP contribution is 2.04. The maximum Gasteiger partial charge on any atom is 0.259 e. The van der Waals surface area contributed by atoms with Gasteiger partial charge in [0.25, 0.3) is 10.0 Å². The van der Waals surface area contributed by atoms with Crippen molar-refractivity contribution in [1.29, 1.82) is 0 Å².